The zero-order valence-electron chi connectivity index (χ0n) is 18.8. The summed E-state index contributed by atoms with van der Waals surface area (Å²) in [5, 5.41) is 0. The number of cyclic esters (lactones) is 1. The molecule has 4 fully saturated rings. The quantitative estimate of drug-likeness (QED) is 0.651. The zero-order chi connectivity index (χ0) is 20.7. The molecule has 1 spiro atoms. The van der Waals surface area contributed by atoms with Gasteiger partial charge in [-0.2, -0.15) is 0 Å². The second kappa shape index (κ2) is 8.18. The third kappa shape index (κ3) is 3.77. The Morgan fingerprint density at radius 2 is 1.73 bits per heavy atom. The van der Waals surface area contributed by atoms with Crippen molar-refractivity contribution in [2.45, 2.75) is 70.8 Å². The molecule has 30 heavy (non-hydrogen) atoms. The smallest absolute Gasteiger partial charge is 0.312 e. The number of esters is 1. The summed E-state index contributed by atoms with van der Waals surface area (Å²) in [6.45, 7) is 10.5. The van der Waals surface area contributed by atoms with Crippen LogP contribution < -0.4 is 4.90 Å². The highest BCUT2D eigenvalue weighted by Gasteiger charge is 2.49. The van der Waals surface area contributed by atoms with Crippen LogP contribution in [-0.2, 0) is 9.53 Å². The number of fused-ring (bicyclic) bond motifs is 1. The molecule has 0 N–H and O–H groups in total. The predicted octanol–water partition coefficient (Wildman–Crippen LogP) is 4.83. The average Bonchev–Trinajstić information content (AvgIpc) is 3.39. The molecule has 0 bridgehead atoms. The summed E-state index contributed by atoms with van der Waals surface area (Å²) >= 11 is 0. The van der Waals surface area contributed by atoms with Gasteiger partial charge in [0.25, 0.3) is 0 Å². The van der Waals surface area contributed by atoms with Crippen LogP contribution in [0.15, 0.2) is 24.3 Å². The summed E-state index contributed by atoms with van der Waals surface area (Å²) in [7, 11) is 0. The van der Waals surface area contributed by atoms with Crippen molar-refractivity contribution >= 4 is 11.7 Å². The first-order valence-corrected chi connectivity index (χ1v) is 12.3. The van der Waals surface area contributed by atoms with E-state index in [4.69, 9.17) is 4.74 Å². The van der Waals surface area contributed by atoms with Crippen LogP contribution in [0, 0.1) is 17.3 Å². The van der Waals surface area contributed by atoms with Crippen LogP contribution in [-0.4, -0.2) is 49.7 Å². The van der Waals surface area contributed by atoms with Crippen molar-refractivity contribution in [3.05, 3.63) is 29.8 Å². The van der Waals surface area contributed by atoms with Gasteiger partial charge in [-0.15, -0.1) is 0 Å². The molecule has 5 rings (SSSR count). The van der Waals surface area contributed by atoms with Crippen molar-refractivity contribution in [2.24, 2.45) is 17.3 Å². The summed E-state index contributed by atoms with van der Waals surface area (Å²) in [6, 6.07) is 8.96. The van der Waals surface area contributed by atoms with Crippen molar-refractivity contribution in [3.63, 3.8) is 0 Å². The molecule has 1 saturated carbocycles. The fraction of sp³-hybridized carbons (Fsp3) is 0.731. The van der Waals surface area contributed by atoms with E-state index in [2.05, 4.69) is 47.9 Å². The van der Waals surface area contributed by atoms with E-state index in [-0.39, 0.29) is 17.5 Å². The van der Waals surface area contributed by atoms with Gasteiger partial charge in [0.1, 0.15) is 6.10 Å². The first-order valence-electron chi connectivity index (χ1n) is 12.3. The van der Waals surface area contributed by atoms with Gasteiger partial charge in [-0.1, -0.05) is 51.3 Å². The number of hydrogen-bond donors (Lipinski definition) is 0. The minimum absolute atomic E-state index is 0.116. The molecule has 4 aliphatic rings. The Morgan fingerprint density at radius 1 is 1.03 bits per heavy atom. The van der Waals surface area contributed by atoms with Gasteiger partial charge in [-0.25, -0.2) is 0 Å². The molecule has 3 heterocycles. The third-order valence-electron chi connectivity index (χ3n) is 8.36. The highest BCUT2D eigenvalue weighted by atomic mass is 16.6. The number of para-hydroxylation sites is 1. The first-order chi connectivity index (χ1) is 14.5. The SMILES string of the molecule is CC(C)c1ccccc1N1CC2CN(CC[C@@H]3CC4(CCCCC4)C(=O)O3)CC2C1. The summed E-state index contributed by atoms with van der Waals surface area (Å²) in [5.41, 5.74) is 2.81. The van der Waals surface area contributed by atoms with E-state index in [1.165, 1.54) is 56.7 Å². The summed E-state index contributed by atoms with van der Waals surface area (Å²) in [5.74, 6) is 2.24. The number of likely N-dealkylation sites (tertiary alicyclic amines) is 1. The normalized spacial score (nSPS) is 31.0. The molecule has 3 aliphatic heterocycles. The number of carbonyl (C=O) groups is 1. The predicted molar refractivity (Wildman–Crippen MR) is 121 cm³/mol. The molecule has 0 amide bonds. The van der Waals surface area contributed by atoms with Gasteiger partial charge in [0.15, 0.2) is 0 Å². The molecule has 3 saturated heterocycles. The van der Waals surface area contributed by atoms with Crippen LogP contribution in [0.5, 0.6) is 0 Å². The molecule has 1 aromatic carbocycles. The topological polar surface area (TPSA) is 32.8 Å². The lowest BCUT2D eigenvalue weighted by Crippen LogP contribution is -2.31. The maximum Gasteiger partial charge on any atom is 0.312 e. The van der Waals surface area contributed by atoms with E-state index < -0.39 is 0 Å². The van der Waals surface area contributed by atoms with Gasteiger partial charge in [-0.3, -0.25) is 4.79 Å². The Morgan fingerprint density at radius 3 is 2.43 bits per heavy atom. The Hall–Kier alpha value is -1.55. The monoisotopic (exact) mass is 410 g/mol. The largest absolute Gasteiger partial charge is 0.462 e. The molecule has 4 nitrogen and oxygen atoms in total. The van der Waals surface area contributed by atoms with Gasteiger partial charge in [0.2, 0.25) is 0 Å². The zero-order valence-corrected chi connectivity index (χ0v) is 18.8. The van der Waals surface area contributed by atoms with Crippen LogP contribution in [0.25, 0.3) is 0 Å². The highest BCUT2D eigenvalue weighted by molar-refractivity contribution is 5.79. The van der Waals surface area contributed by atoms with Crippen LogP contribution in [0.4, 0.5) is 5.69 Å². The molecule has 1 aliphatic carbocycles. The van der Waals surface area contributed by atoms with Gasteiger partial charge < -0.3 is 14.5 Å². The van der Waals surface area contributed by atoms with Gasteiger partial charge >= 0.3 is 5.97 Å². The van der Waals surface area contributed by atoms with Crippen LogP contribution >= 0.6 is 0 Å². The molecule has 2 unspecified atom stereocenters. The van der Waals surface area contributed by atoms with E-state index in [1.54, 1.807) is 0 Å². The Bertz CT molecular complexity index is 756. The lowest BCUT2D eigenvalue weighted by molar-refractivity contribution is -0.150. The standard InChI is InChI=1S/C26H38N2O2/c1-19(2)23-8-4-5-9-24(23)28-17-20-15-27(16-21(20)18-28)13-10-22-14-26(25(29)30-22)11-6-3-7-12-26/h4-5,8-9,19-22H,3,6-7,10-18H2,1-2H3/t20?,21?,22-/m1/s1. The lowest BCUT2D eigenvalue weighted by Gasteiger charge is -2.29. The molecule has 0 aromatic heterocycles. The number of carbonyl (C=O) groups excluding carboxylic acids is 1. The maximum atomic E-state index is 12.5. The minimum Gasteiger partial charge on any atom is -0.462 e. The average molecular weight is 411 g/mol. The minimum atomic E-state index is -0.116. The molecule has 3 atom stereocenters. The molecular formula is C26H38N2O2. The number of ether oxygens (including phenoxy) is 1. The Balaban J connectivity index is 1.13. The molecule has 1 aromatic rings. The number of anilines is 1. The van der Waals surface area contributed by atoms with Crippen molar-refractivity contribution in [3.8, 4) is 0 Å². The highest BCUT2D eigenvalue weighted by Crippen LogP contribution is 2.47. The molecule has 0 radical (unpaired) electrons. The van der Waals surface area contributed by atoms with Gasteiger partial charge in [0.05, 0.1) is 5.41 Å². The summed E-state index contributed by atoms with van der Waals surface area (Å²) < 4.78 is 5.85. The molecule has 4 heteroatoms. The van der Waals surface area contributed by atoms with Crippen LogP contribution in [0.2, 0.25) is 0 Å². The second-order valence-electron chi connectivity index (χ2n) is 10.8. The number of hydrogen-bond acceptors (Lipinski definition) is 4. The third-order valence-corrected chi connectivity index (χ3v) is 8.36. The van der Waals surface area contributed by atoms with Gasteiger partial charge in [0, 0.05) is 44.8 Å². The van der Waals surface area contributed by atoms with Crippen LogP contribution in [0.3, 0.4) is 0 Å². The Labute approximate surface area is 182 Å². The summed E-state index contributed by atoms with van der Waals surface area (Å²) in [6.07, 6.45) is 7.97. The van der Waals surface area contributed by atoms with Gasteiger partial charge in [-0.05, 0) is 48.6 Å². The number of nitrogens with zero attached hydrogens (tertiary/aromatic N) is 2. The van der Waals surface area contributed by atoms with E-state index in [0.717, 1.165) is 44.1 Å². The van der Waals surface area contributed by atoms with Crippen molar-refractivity contribution in [1.82, 2.24) is 4.90 Å². The maximum absolute atomic E-state index is 12.5. The van der Waals surface area contributed by atoms with E-state index >= 15 is 0 Å². The second-order valence-corrected chi connectivity index (χ2v) is 10.8. The lowest BCUT2D eigenvalue weighted by atomic mass is 9.72. The first kappa shape index (κ1) is 20.4. The van der Waals surface area contributed by atoms with E-state index in [1.807, 2.05) is 0 Å². The van der Waals surface area contributed by atoms with E-state index in [9.17, 15) is 4.79 Å². The fourth-order valence-electron chi connectivity index (χ4n) is 6.69. The van der Waals surface area contributed by atoms with Crippen molar-refractivity contribution in [1.29, 1.82) is 0 Å². The van der Waals surface area contributed by atoms with Crippen LogP contribution in [0.1, 0.15) is 70.3 Å². The molecular weight excluding hydrogens is 372 g/mol. The number of benzene rings is 1. The van der Waals surface area contributed by atoms with Crippen molar-refractivity contribution < 1.29 is 9.53 Å². The molecule has 164 valence electrons. The summed E-state index contributed by atoms with van der Waals surface area (Å²) in [4.78, 5) is 17.8. The number of rotatable bonds is 5. The fourth-order valence-corrected chi connectivity index (χ4v) is 6.69. The van der Waals surface area contributed by atoms with Crippen molar-refractivity contribution in [2.75, 3.05) is 37.6 Å². The van der Waals surface area contributed by atoms with E-state index in [0.29, 0.717) is 5.92 Å². The Kier molecular flexibility index (Phi) is 5.55.